The number of nitrogens with zero attached hydrogens (tertiary/aromatic N) is 3. The van der Waals surface area contributed by atoms with Gasteiger partial charge in [0.15, 0.2) is 0 Å². The second-order valence-electron chi connectivity index (χ2n) is 8.76. The summed E-state index contributed by atoms with van der Waals surface area (Å²) in [7, 11) is 0.712. The van der Waals surface area contributed by atoms with Crippen LogP contribution in [0.25, 0.3) is 0 Å². The van der Waals surface area contributed by atoms with Crippen molar-refractivity contribution in [1.82, 2.24) is 14.5 Å². The van der Waals surface area contributed by atoms with Gasteiger partial charge in [-0.2, -0.15) is 0 Å². The van der Waals surface area contributed by atoms with Crippen molar-refractivity contribution in [3.63, 3.8) is 0 Å². The van der Waals surface area contributed by atoms with Crippen LogP contribution < -0.4 is 9.62 Å². The number of likely N-dealkylation sites (N-methyl/N-ethyl adjacent to an activating group) is 2. The first-order valence-electron chi connectivity index (χ1n) is 11.2. The highest BCUT2D eigenvalue weighted by Gasteiger charge is 2.27. The van der Waals surface area contributed by atoms with Crippen LogP contribution in [0.1, 0.15) is 29.7 Å². The molecular weight excluding hydrogens is 408 g/mol. The zero-order valence-electron chi connectivity index (χ0n) is 18.8. The van der Waals surface area contributed by atoms with Gasteiger partial charge in [-0.3, -0.25) is 4.90 Å². The van der Waals surface area contributed by atoms with Gasteiger partial charge in [0, 0.05) is 58.0 Å². The third-order valence-corrected chi connectivity index (χ3v) is 8.14. The Labute approximate surface area is 186 Å². The molecule has 0 radical (unpaired) electrons. The minimum absolute atomic E-state index is 0.0228. The standard InChI is InChI=1S/C24H34N4O2S/c1-4-19-5-8-22(9-6-19)31(29,30)25-18-24(28-15-13-26(2)14-16-28)20-7-10-23-21(17-20)11-12-27(23)3/h5-10,17,24-25H,4,11-16,18H2,1-3H3/t24-/m0/s1. The van der Waals surface area contributed by atoms with Crippen LogP contribution in [-0.2, 0) is 22.9 Å². The van der Waals surface area contributed by atoms with Crippen molar-refractivity contribution < 1.29 is 8.42 Å². The van der Waals surface area contributed by atoms with Gasteiger partial charge in [0.2, 0.25) is 10.0 Å². The van der Waals surface area contributed by atoms with E-state index < -0.39 is 10.0 Å². The molecular formula is C24H34N4O2S. The summed E-state index contributed by atoms with van der Waals surface area (Å²) in [5.74, 6) is 0. The molecule has 0 unspecified atom stereocenters. The molecule has 2 aromatic carbocycles. The first-order chi connectivity index (χ1) is 14.9. The summed E-state index contributed by atoms with van der Waals surface area (Å²) in [5, 5.41) is 0. The number of sulfonamides is 1. The number of aryl methyl sites for hydroxylation is 1. The molecule has 2 aliphatic heterocycles. The second-order valence-corrected chi connectivity index (χ2v) is 10.5. The van der Waals surface area contributed by atoms with Gasteiger partial charge in [-0.1, -0.05) is 31.2 Å². The maximum atomic E-state index is 13.0. The van der Waals surface area contributed by atoms with Crippen LogP contribution in [0, 0.1) is 0 Å². The Morgan fingerprint density at radius 3 is 2.35 bits per heavy atom. The lowest BCUT2D eigenvalue weighted by molar-refractivity contribution is 0.113. The topological polar surface area (TPSA) is 55.9 Å². The van der Waals surface area contributed by atoms with Gasteiger partial charge in [0.25, 0.3) is 0 Å². The molecule has 2 heterocycles. The lowest BCUT2D eigenvalue weighted by Crippen LogP contribution is -2.48. The lowest BCUT2D eigenvalue weighted by Gasteiger charge is -2.38. The maximum Gasteiger partial charge on any atom is 0.240 e. The second kappa shape index (κ2) is 9.28. The smallest absolute Gasteiger partial charge is 0.240 e. The highest BCUT2D eigenvalue weighted by Crippen LogP contribution is 2.31. The average Bonchev–Trinajstić information content (AvgIpc) is 3.15. The van der Waals surface area contributed by atoms with E-state index in [-0.39, 0.29) is 6.04 Å². The Morgan fingerprint density at radius 2 is 1.68 bits per heavy atom. The number of hydrogen-bond acceptors (Lipinski definition) is 5. The molecule has 0 aromatic heterocycles. The molecule has 0 amide bonds. The third-order valence-electron chi connectivity index (χ3n) is 6.70. The quantitative estimate of drug-likeness (QED) is 0.714. The van der Waals surface area contributed by atoms with Crippen LogP contribution in [0.15, 0.2) is 47.4 Å². The van der Waals surface area contributed by atoms with Gasteiger partial charge < -0.3 is 9.80 Å². The Bertz CT molecular complexity index is 999. The van der Waals surface area contributed by atoms with Gasteiger partial charge >= 0.3 is 0 Å². The van der Waals surface area contributed by atoms with Gasteiger partial charge in [-0.25, -0.2) is 13.1 Å². The van der Waals surface area contributed by atoms with Crippen molar-refractivity contribution in [1.29, 1.82) is 0 Å². The number of rotatable bonds is 7. The Balaban J connectivity index is 1.56. The van der Waals surface area contributed by atoms with Crippen LogP contribution in [0.5, 0.6) is 0 Å². The number of anilines is 1. The van der Waals surface area contributed by atoms with Crippen LogP contribution in [0.2, 0.25) is 0 Å². The molecule has 31 heavy (non-hydrogen) atoms. The number of fused-ring (bicyclic) bond motifs is 1. The minimum atomic E-state index is -3.55. The first-order valence-corrected chi connectivity index (χ1v) is 12.7. The fourth-order valence-corrected chi connectivity index (χ4v) is 5.60. The molecule has 4 rings (SSSR count). The van der Waals surface area contributed by atoms with Crippen LogP contribution in [-0.4, -0.2) is 71.6 Å². The molecule has 0 spiro atoms. The maximum absolute atomic E-state index is 13.0. The van der Waals surface area contributed by atoms with Crippen molar-refractivity contribution in [2.24, 2.45) is 0 Å². The molecule has 6 nitrogen and oxygen atoms in total. The molecule has 1 N–H and O–H groups in total. The van der Waals surface area contributed by atoms with E-state index >= 15 is 0 Å². The monoisotopic (exact) mass is 442 g/mol. The van der Waals surface area contributed by atoms with E-state index in [1.165, 1.54) is 16.8 Å². The molecule has 2 aromatic rings. The largest absolute Gasteiger partial charge is 0.374 e. The third kappa shape index (κ3) is 4.95. The number of piperazine rings is 1. The molecule has 1 atom stereocenters. The molecule has 0 aliphatic carbocycles. The zero-order valence-corrected chi connectivity index (χ0v) is 19.7. The summed E-state index contributed by atoms with van der Waals surface area (Å²) in [6.45, 7) is 7.34. The van der Waals surface area contributed by atoms with Crippen LogP contribution in [0.4, 0.5) is 5.69 Å². The predicted octanol–water partition coefficient (Wildman–Crippen LogP) is 2.51. The Morgan fingerprint density at radius 1 is 0.968 bits per heavy atom. The summed E-state index contributed by atoms with van der Waals surface area (Å²) < 4.78 is 28.9. The summed E-state index contributed by atoms with van der Waals surface area (Å²) in [4.78, 5) is 7.36. The van der Waals surface area contributed by atoms with E-state index in [9.17, 15) is 8.42 Å². The van der Waals surface area contributed by atoms with E-state index in [1.54, 1.807) is 12.1 Å². The summed E-state index contributed by atoms with van der Waals surface area (Å²) >= 11 is 0. The molecule has 1 fully saturated rings. The predicted molar refractivity (Wildman–Crippen MR) is 126 cm³/mol. The number of benzene rings is 2. The van der Waals surface area contributed by atoms with Crippen molar-refractivity contribution in [3.8, 4) is 0 Å². The van der Waals surface area contributed by atoms with Crippen molar-refractivity contribution in [2.75, 3.05) is 58.3 Å². The van der Waals surface area contributed by atoms with Crippen molar-refractivity contribution >= 4 is 15.7 Å². The minimum Gasteiger partial charge on any atom is -0.374 e. The average molecular weight is 443 g/mol. The molecule has 0 bridgehead atoms. The number of hydrogen-bond donors (Lipinski definition) is 1. The molecule has 2 aliphatic rings. The summed E-state index contributed by atoms with van der Waals surface area (Å²) in [6, 6.07) is 13.9. The van der Waals surface area contributed by atoms with Gasteiger partial charge in [-0.15, -0.1) is 0 Å². The Hall–Kier alpha value is -1.93. The fraction of sp³-hybridized carbons (Fsp3) is 0.500. The van der Waals surface area contributed by atoms with Crippen LogP contribution in [0.3, 0.4) is 0 Å². The SMILES string of the molecule is CCc1ccc(S(=O)(=O)NC[C@@H](c2ccc3c(c2)CCN3C)N2CCN(C)CC2)cc1. The summed E-state index contributed by atoms with van der Waals surface area (Å²) in [6.07, 6.45) is 1.94. The van der Waals surface area contributed by atoms with E-state index in [0.717, 1.165) is 51.1 Å². The van der Waals surface area contributed by atoms with Gasteiger partial charge in [0.1, 0.15) is 0 Å². The molecule has 0 saturated carbocycles. The van der Waals surface area contributed by atoms with E-state index in [2.05, 4.69) is 58.6 Å². The van der Waals surface area contributed by atoms with E-state index in [0.29, 0.717) is 11.4 Å². The van der Waals surface area contributed by atoms with Crippen molar-refractivity contribution in [2.45, 2.75) is 30.7 Å². The van der Waals surface area contributed by atoms with E-state index in [4.69, 9.17) is 0 Å². The molecule has 7 heteroatoms. The lowest BCUT2D eigenvalue weighted by atomic mass is 10.0. The highest BCUT2D eigenvalue weighted by molar-refractivity contribution is 7.89. The van der Waals surface area contributed by atoms with Gasteiger partial charge in [-0.05, 0) is 54.8 Å². The fourth-order valence-electron chi connectivity index (χ4n) is 4.56. The van der Waals surface area contributed by atoms with Gasteiger partial charge in [0.05, 0.1) is 4.90 Å². The first kappa shape index (κ1) is 22.3. The number of nitrogens with one attached hydrogen (secondary N) is 1. The van der Waals surface area contributed by atoms with Crippen LogP contribution >= 0.6 is 0 Å². The summed E-state index contributed by atoms with van der Waals surface area (Å²) in [5.41, 5.74) is 4.98. The molecule has 168 valence electrons. The van der Waals surface area contributed by atoms with Crippen molar-refractivity contribution in [3.05, 3.63) is 59.2 Å². The molecule has 1 saturated heterocycles. The Kier molecular flexibility index (Phi) is 6.67. The highest BCUT2D eigenvalue weighted by atomic mass is 32.2. The zero-order chi connectivity index (χ0) is 22.0. The normalized spacial score (nSPS) is 18.9. The van der Waals surface area contributed by atoms with E-state index in [1.807, 2.05) is 12.1 Å².